The Bertz CT molecular complexity index is 389. The Morgan fingerprint density at radius 1 is 1.41 bits per heavy atom. The topological polar surface area (TPSA) is 64.3 Å². The molecule has 3 N–H and O–H groups in total. The monoisotopic (exact) mass is 236 g/mol. The second-order valence-corrected chi connectivity index (χ2v) is 4.54. The molecule has 0 fully saturated rings. The van der Waals surface area contributed by atoms with Crippen LogP contribution in [0.3, 0.4) is 0 Å². The fraction of sp³-hybridized carbons (Fsp3) is 0.462. The summed E-state index contributed by atoms with van der Waals surface area (Å²) in [6, 6.07) is 7.15. The zero-order valence-electron chi connectivity index (χ0n) is 10.6. The number of para-hydroxylation sites is 2. The fourth-order valence-corrected chi connectivity index (χ4v) is 1.16. The minimum Gasteiger partial charge on any atom is -0.397 e. The van der Waals surface area contributed by atoms with Crippen molar-refractivity contribution in [2.24, 2.45) is 0 Å². The van der Waals surface area contributed by atoms with Gasteiger partial charge < -0.3 is 15.8 Å². The summed E-state index contributed by atoms with van der Waals surface area (Å²) in [7, 11) is 0. The number of nitrogens with one attached hydrogen (secondary N) is 1. The van der Waals surface area contributed by atoms with Gasteiger partial charge in [-0.25, -0.2) is 0 Å². The highest BCUT2D eigenvalue weighted by atomic mass is 16.5. The van der Waals surface area contributed by atoms with E-state index >= 15 is 0 Å². The van der Waals surface area contributed by atoms with Crippen LogP contribution in [0.5, 0.6) is 0 Å². The van der Waals surface area contributed by atoms with Gasteiger partial charge in [-0.3, -0.25) is 4.79 Å². The van der Waals surface area contributed by atoms with E-state index in [-0.39, 0.29) is 18.1 Å². The zero-order valence-corrected chi connectivity index (χ0v) is 10.6. The molecule has 0 saturated heterocycles. The SMILES string of the molecule is CCC(C)(C)OCC(=O)Nc1ccccc1N. The summed E-state index contributed by atoms with van der Waals surface area (Å²) in [4.78, 5) is 11.6. The van der Waals surface area contributed by atoms with Crippen molar-refractivity contribution >= 4 is 17.3 Å². The van der Waals surface area contributed by atoms with Crippen LogP contribution in [0.1, 0.15) is 27.2 Å². The molecule has 0 aromatic heterocycles. The first-order valence-corrected chi connectivity index (χ1v) is 5.73. The van der Waals surface area contributed by atoms with Gasteiger partial charge in [0.25, 0.3) is 0 Å². The van der Waals surface area contributed by atoms with Crippen LogP contribution in [0, 0.1) is 0 Å². The highest BCUT2D eigenvalue weighted by Crippen LogP contribution is 2.17. The second kappa shape index (κ2) is 5.68. The molecule has 1 aromatic rings. The molecule has 0 aliphatic heterocycles. The number of hydrogen-bond acceptors (Lipinski definition) is 3. The van der Waals surface area contributed by atoms with Crippen LogP contribution in [-0.4, -0.2) is 18.1 Å². The van der Waals surface area contributed by atoms with Gasteiger partial charge in [-0.05, 0) is 32.4 Å². The molecule has 0 radical (unpaired) electrons. The smallest absolute Gasteiger partial charge is 0.250 e. The Kier molecular flexibility index (Phi) is 4.52. The number of carbonyl (C=O) groups excluding carboxylic acids is 1. The van der Waals surface area contributed by atoms with Crippen molar-refractivity contribution in [2.75, 3.05) is 17.7 Å². The number of ether oxygens (including phenoxy) is 1. The molecular formula is C13H20N2O2. The summed E-state index contributed by atoms with van der Waals surface area (Å²) in [6.45, 7) is 5.97. The first-order valence-electron chi connectivity index (χ1n) is 5.73. The van der Waals surface area contributed by atoms with Gasteiger partial charge in [-0.1, -0.05) is 19.1 Å². The molecule has 0 aliphatic carbocycles. The third kappa shape index (κ3) is 4.44. The molecule has 0 spiro atoms. The van der Waals surface area contributed by atoms with Crippen LogP contribution in [-0.2, 0) is 9.53 Å². The highest BCUT2D eigenvalue weighted by Gasteiger charge is 2.17. The van der Waals surface area contributed by atoms with Crippen molar-refractivity contribution in [3.63, 3.8) is 0 Å². The minimum absolute atomic E-state index is 0.0369. The Morgan fingerprint density at radius 2 is 2.06 bits per heavy atom. The molecule has 17 heavy (non-hydrogen) atoms. The Hall–Kier alpha value is -1.55. The Morgan fingerprint density at radius 3 is 2.65 bits per heavy atom. The quantitative estimate of drug-likeness (QED) is 0.772. The van der Waals surface area contributed by atoms with Gasteiger partial charge in [0.05, 0.1) is 17.0 Å². The predicted molar refractivity (Wildman–Crippen MR) is 69.8 cm³/mol. The van der Waals surface area contributed by atoms with Crippen LogP contribution in [0.4, 0.5) is 11.4 Å². The maximum Gasteiger partial charge on any atom is 0.250 e. The van der Waals surface area contributed by atoms with E-state index < -0.39 is 0 Å². The van der Waals surface area contributed by atoms with E-state index in [4.69, 9.17) is 10.5 Å². The summed E-state index contributed by atoms with van der Waals surface area (Å²) in [5.74, 6) is -0.190. The number of amides is 1. The molecule has 0 saturated carbocycles. The molecule has 0 unspecified atom stereocenters. The number of nitrogen functional groups attached to an aromatic ring is 1. The second-order valence-electron chi connectivity index (χ2n) is 4.54. The maximum atomic E-state index is 11.6. The van der Waals surface area contributed by atoms with Gasteiger partial charge in [-0.15, -0.1) is 0 Å². The third-order valence-electron chi connectivity index (χ3n) is 2.68. The molecule has 0 atom stereocenters. The standard InChI is InChI=1S/C13H20N2O2/c1-4-13(2,3)17-9-12(16)15-11-8-6-5-7-10(11)14/h5-8H,4,9,14H2,1-3H3,(H,15,16). The molecule has 1 amide bonds. The van der Waals surface area contributed by atoms with E-state index in [1.165, 1.54) is 0 Å². The van der Waals surface area contributed by atoms with Crippen LogP contribution < -0.4 is 11.1 Å². The van der Waals surface area contributed by atoms with Crippen molar-refractivity contribution < 1.29 is 9.53 Å². The van der Waals surface area contributed by atoms with Crippen LogP contribution in [0.2, 0.25) is 0 Å². The van der Waals surface area contributed by atoms with E-state index in [0.29, 0.717) is 11.4 Å². The summed E-state index contributed by atoms with van der Waals surface area (Å²) in [6.07, 6.45) is 0.855. The fourth-order valence-electron chi connectivity index (χ4n) is 1.16. The number of nitrogens with two attached hydrogens (primary N) is 1. The minimum atomic E-state index is -0.278. The van der Waals surface area contributed by atoms with Gasteiger partial charge >= 0.3 is 0 Å². The van der Waals surface area contributed by atoms with Gasteiger partial charge in [0, 0.05) is 0 Å². The molecule has 1 aromatic carbocycles. The summed E-state index contributed by atoms with van der Waals surface area (Å²) in [5.41, 5.74) is 6.62. The third-order valence-corrected chi connectivity index (χ3v) is 2.68. The van der Waals surface area contributed by atoms with E-state index in [9.17, 15) is 4.79 Å². The number of rotatable bonds is 5. The first kappa shape index (κ1) is 13.5. The van der Waals surface area contributed by atoms with E-state index in [2.05, 4.69) is 5.32 Å². The largest absolute Gasteiger partial charge is 0.397 e. The molecule has 0 aliphatic rings. The van der Waals surface area contributed by atoms with Crippen LogP contribution in [0.15, 0.2) is 24.3 Å². The number of carbonyl (C=O) groups is 1. The first-order chi connectivity index (χ1) is 7.94. The van der Waals surface area contributed by atoms with Gasteiger partial charge in [0.15, 0.2) is 0 Å². The predicted octanol–water partition coefficient (Wildman–Crippen LogP) is 2.41. The van der Waals surface area contributed by atoms with E-state index in [1.54, 1.807) is 12.1 Å². The molecular weight excluding hydrogens is 216 g/mol. The number of benzene rings is 1. The lowest BCUT2D eigenvalue weighted by Crippen LogP contribution is -2.29. The summed E-state index contributed by atoms with van der Waals surface area (Å²) >= 11 is 0. The average Bonchev–Trinajstić information content (AvgIpc) is 2.30. The lowest BCUT2D eigenvalue weighted by atomic mass is 10.1. The number of hydrogen-bond donors (Lipinski definition) is 2. The van der Waals surface area contributed by atoms with Gasteiger partial charge in [0.1, 0.15) is 6.61 Å². The van der Waals surface area contributed by atoms with Gasteiger partial charge in [0.2, 0.25) is 5.91 Å². The Labute approximate surface area is 102 Å². The zero-order chi connectivity index (χ0) is 12.9. The lowest BCUT2D eigenvalue weighted by molar-refractivity contribution is -0.126. The van der Waals surface area contributed by atoms with E-state index in [1.807, 2.05) is 32.9 Å². The van der Waals surface area contributed by atoms with Gasteiger partial charge in [-0.2, -0.15) is 0 Å². The van der Waals surface area contributed by atoms with Crippen LogP contribution >= 0.6 is 0 Å². The summed E-state index contributed by atoms with van der Waals surface area (Å²) < 4.78 is 5.50. The van der Waals surface area contributed by atoms with Crippen molar-refractivity contribution in [2.45, 2.75) is 32.8 Å². The van der Waals surface area contributed by atoms with Crippen molar-refractivity contribution in [3.05, 3.63) is 24.3 Å². The van der Waals surface area contributed by atoms with Crippen molar-refractivity contribution in [3.8, 4) is 0 Å². The summed E-state index contributed by atoms with van der Waals surface area (Å²) in [5, 5.41) is 2.72. The van der Waals surface area contributed by atoms with Crippen LogP contribution in [0.25, 0.3) is 0 Å². The molecule has 1 rings (SSSR count). The van der Waals surface area contributed by atoms with E-state index in [0.717, 1.165) is 6.42 Å². The van der Waals surface area contributed by atoms with Crippen molar-refractivity contribution in [1.82, 2.24) is 0 Å². The average molecular weight is 236 g/mol. The molecule has 0 heterocycles. The molecule has 94 valence electrons. The van der Waals surface area contributed by atoms with Crippen molar-refractivity contribution in [1.29, 1.82) is 0 Å². The Balaban J connectivity index is 2.48. The highest BCUT2D eigenvalue weighted by molar-refractivity contribution is 5.94. The molecule has 4 nitrogen and oxygen atoms in total. The lowest BCUT2D eigenvalue weighted by Gasteiger charge is -2.23. The molecule has 4 heteroatoms. The molecule has 0 bridgehead atoms. The number of anilines is 2. The maximum absolute atomic E-state index is 11.6. The normalized spacial score (nSPS) is 11.2.